The minimum atomic E-state index is -0.583. The Balaban J connectivity index is 0.00000133. The summed E-state index contributed by atoms with van der Waals surface area (Å²) in [4.78, 5) is 0. The smallest absolute Gasteiger partial charge is 0.0912 e. The Kier molecular flexibility index (Phi) is 4.05. The molecule has 0 aliphatic rings. The molecule has 0 saturated carbocycles. The first kappa shape index (κ1) is 13.8. The summed E-state index contributed by atoms with van der Waals surface area (Å²) in [6, 6.07) is 18.5. The Hall–Kier alpha value is -1.61. The van der Waals surface area contributed by atoms with Crippen molar-refractivity contribution in [2.24, 2.45) is 5.73 Å². The molecule has 1 atom stereocenters. The fourth-order valence-electron chi connectivity index (χ4n) is 2.37. The average Bonchev–Trinajstić information content (AvgIpc) is 2.45. The number of rotatable bonds is 2. The van der Waals surface area contributed by atoms with Gasteiger partial charge in [-0.3, -0.25) is 0 Å². The van der Waals surface area contributed by atoms with Gasteiger partial charge in [-0.1, -0.05) is 48.5 Å². The maximum Gasteiger partial charge on any atom is 0.0912 e. The summed E-state index contributed by atoms with van der Waals surface area (Å²) in [5.41, 5.74) is 6.36. The molecule has 0 spiro atoms. The van der Waals surface area contributed by atoms with Crippen molar-refractivity contribution < 1.29 is 5.11 Å². The van der Waals surface area contributed by atoms with Gasteiger partial charge in [-0.25, -0.2) is 0 Å². The minimum absolute atomic E-state index is 0. The maximum absolute atomic E-state index is 9.78. The van der Waals surface area contributed by atoms with E-state index in [1.54, 1.807) is 0 Å². The molecule has 3 rings (SSSR count). The molecule has 0 bridgehead atoms. The van der Waals surface area contributed by atoms with Gasteiger partial charge >= 0.3 is 0 Å². The van der Waals surface area contributed by atoms with E-state index in [1.165, 1.54) is 16.2 Å². The third kappa shape index (κ3) is 2.43. The second-order valence-electron chi connectivity index (χ2n) is 4.52. The lowest BCUT2D eigenvalue weighted by Crippen LogP contribution is -2.11. The number of aliphatic hydroxyl groups excluding tert-OH is 1. The fourth-order valence-corrected chi connectivity index (χ4v) is 2.37. The highest BCUT2D eigenvalue weighted by Gasteiger charge is 2.06. The molecule has 19 heavy (non-hydrogen) atoms. The van der Waals surface area contributed by atoms with E-state index in [9.17, 15) is 5.11 Å². The highest BCUT2D eigenvalue weighted by molar-refractivity contribution is 6.07. The topological polar surface area (TPSA) is 46.2 Å². The fraction of sp³-hybridized carbons (Fsp3) is 0.125. The zero-order valence-electron chi connectivity index (χ0n) is 10.4. The molecule has 0 aliphatic heterocycles. The molecule has 0 amide bonds. The van der Waals surface area contributed by atoms with Gasteiger partial charge in [-0.05, 0) is 33.2 Å². The summed E-state index contributed by atoms with van der Waals surface area (Å²) in [6.07, 6.45) is -0.583. The Morgan fingerprint density at radius 1 is 0.895 bits per heavy atom. The third-order valence-corrected chi connectivity index (χ3v) is 3.38. The lowest BCUT2D eigenvalue weighted by atomic mass is 9.98. The van der Waals surface area contributed by atoms with Gasteiger partial charge in [0.2, 0.25) is 0 Å². The highest BCUT2D eigenvalue weighted by Crippen LogP contribution is 2.27. The molecular formula is C16H16ClNO. The van der Waals surface area contributed by atoms with Gasteiger partial charge in [0.25, 0.3) is 0 Å². The first-order valence-electron chi connectivity index (χ1n) is 6.09. The quantitative estimate of drug-likeness (QED) is 0.703. The molecule has 0 fully saturated rings. The van der Waals surface area contributed by atoms with Crippen molar-refractivity contribution in [3.63, 3.8) is 0 Å². The van der Waals surface area contributed by atoms with Crippen molar-refractivity contribution in [2.75, 3.05) is 6.54 Å². The number of aliphatic hydroxyl groups is 1. The molecule has 1 unspecified atom stereocenters. The van der Waals surface area contributed by atoms with Gasteiger partial charge in [0.05, 0.1) is 6.10 Å². The van der Waals surface area contributed by atoms with Crippen LogP contribution in [0.15, 0.2) is 54.6 Å². The van der Waals surface area contributed by atoms with E-state index < -0.39 is 6.10 Å². The Bertz CT molecular complexity index is 711. The van der Waals surface area contributed by atoms with E-state index in [4.69, 9.17) is 5.73 Å². The highest BCUT2D eigenvalue weighted by atomic mass is 35.5. The van der Waals surface area contributed by atoms with Crippen LogP contribution in [0.1, 0.15) is 11.7 Å². The molecule has 3 heteroatoms. The van der Waals surface area contributed by atoms with Crippen molar-refractivity contribution >= 4 is 34.0 Å². The Morgan fingerprint density at radius 3 is 2.37 bits per heavy atom. The van der Waals surface area contributed by atoms with Gasteiger partial charge in [-0.2, -0.15) is 0 Å². The number of halogens is 1. The largest absolute Gasteiger partial charge is 0.387 e. The summed E-state index contributed by atoms with van der Waals surface area (Å²) in [7, 11) is 0. The van der Waals surface area contributed by atoms with Gasteiger partial charge in [-0.15, -0.1) is 12.4 Å². The van der Waals surface area contributed by atoms with Crippen molar-refractivity contribution in [3.8, 4) is 0 Å². The van der Waals surface area contributed by atoms with Gasteiger partial charge in [0, 0.05) is 6.54 Å². The van der Waals surface area contributed by atoms with Crippen LogP contribution in [-0.2, 0) is 0 Å². The number of fused-ring (bicyclic) bond motifs is 3. The first-order chi connectivity index (χ1) is 8.79. The molecule has 0 heterocycles. The monoisotopic (exact) mass is 273 g/mol. The molecule has 3 aromatic rings. The summed E-state index contributed by atoms with van der Waals surface area (Å²) >= 11 is 0. The summed E-state index contributed by atoms with van der Waals surface area (Å²) in [5, 5.41) is 14.6. The molecule has 0 aromatic heterocycles. The van der Waals surface area contributed by atoms with Crippen molar-refractivity contribution in [2.45, 2.75) is 6.10 Å². The van der Waals surface area contributed by atoms with Crippen LogP contribution < -0.4 is 5.73 Å². The lowest BCUT2D eigenvalue weighted by Gasteiger charge is -2.10. The molecule has 0 saturated heterocycles. The third-order valence-electron chi connectivity index (χ3n) is 3.38. The zero-order valence-corrected chi connectivity index (χ0v) is 11.2. The van der Waals surface area contributed by atoms with Gasteiger partial charge in [0.1, 0.15) is 0 Å². The molecule has 2 nitrogen and oxygen atoms in total. The lowest BCUT2D eigenvalue weighted by molar-refractivity contribution is 0.187. The summed E-state index contributed by atoms with van der Waals surface area (Å²) in [6.45, 7) is 0.249. The molecule has 98 valence electrons. The van der Waals surface area contributed by atoms with Crippen LogP contribution in [0.5, 0.6) is 0 Å². The Morgan fingerprint density at radius 2 is 1.58 bits per heavy atom. The average molecular weight is 274 g/mol. The van der Waals surface area contributed by atoms with Crippen LogP contribution in [0.25, 0.3) is 21.5 Å². The van der Waals surface area contributed by atoms with Crippen LogP contribution in [0.3, 0.4) is 0 Å². The predicted octanol–water partition coefficient (Wildman–Crippen LogP) is 3.41. The van der Waals surface area contributed by atoms with Gasteiger partial charge < -0.3 is 10.8 Å². The van der Waals surface area contributed by atoms with E-state index in [0.29, 0.717) is 0 Å². The van der Waals surface area contributed by atoms with Crippen molar-refractivity contribution in [3.05, 3.63) is 60.2 Å². The summed E-state index contributed by atoms with van der Waals surface area (Å²) in [5.74, 6) is 0. The number of hydrogen-bond donors (Lipinski definition) is 2. The number of nitrogens with two attached hydrogens (primary N) is 1. The minimum Gasteiger partial charge on any atom is -0.387 e. The van der Waals surface area contributed by atoms with Crippen molar-refractivity contribution in [1.29, 1.82) is 0 Å². The Labute approximate surface area is 118 Å². The predicted molar refractivity (Wildman–Crippen MR) is 82.7 cm³/mol. The second kappa shape index (κ2) is 5.57. The van der Waals surface area contributed by atoms with E-state index in [0.717, 1.165) is 10.9 Å². The van der Waals surface area contributed by atoms with Crippen LogP contribution >= 0.6 is 12.4 Å². The van der Waals surface area contributed by atoms with E-state index in [-0.39, 0.29) is 19.0 Å². The van der Waals surface area contributed by atoms with Crippen LogP contribution in [0, 0.1) is 0 Å². The second-order valence-corrected chi connectivity index (χ2v) is 4.52. The summed E-state index contributed by atoms with van der Waals surface area (Å²) < 4.78 is 0. The molecule has 0 radical (unpaired) electrons. The first-order valence-corrected chi connectivity index (χ1v) is 6.09. The molecular weight excluding hydrogens is 258 g/mol. The van der Waals surface area contributed by atoms with Crippen LogP contribution in [0.2, 0.25) is 0 Å². The molecule has 3 N–H and O–H groups in total. The van der Waals surface area contributed by atoms with Crippen molar-refractivity contribution in [1.82, 2.24) is 0 Å². The maximum atomic E-state index is 9.78. The van der Waals surface area contributed by atoms with E-state index in [1.807, 2.05) is 24.3 Å². The standard InChI is InChI=1S/C16H15NO.ClH/c17-10-16(18)13-7-8-15-12(9-13)6-5-11-3-1-2-4-14(11)15;/h1-9,16,18H,10,17H2;1H. The van der Waals surface area contributed by atoms with E-state index in [2.05, 4.69) is 30.3 Å². The zero-order chi connectivity index (χ0) is 12.5. The normalized spacial score (nSPS) is 12.3. The molecule has 3 aromatic carbocycles. The number of benzene rings is 3. The van der Waals surface area contributed by atoms with E-state index >= 15 is 0 Å². The SMILES string of the molecule is Cl.NCC(O)c1ccc2c(ccc3ccccc32)c1. The van der Waals surface area contributed by atoms with Gasteiger partial charge in [0.15, 0.2) is 0 Å². The number of hydrogen-bond acceptors (Lipinski definition) is 2. The van der Waals surface area contributed by atoms with Crippen LogP contribution in [0.4, 0.5) is 0 Å². The molecule has 0 aliphatic carbocycles. The van der Waals surface area contributed by atoms with Crippen LogP contribution in [-0.4, -0.2) is 11.7 Å².